The van der Waals surface area contributed by atoms with E-state index >= 15 is 0 Å². The van der Waals surface area contributed by atoms with Gasteiger partial charge >= 0.3 is 0 Å². The number of hydrogen-bond donors (Lipinski definition) is 2. The summed E-state index contributed by atoms with van der Waals surface area (Å²) in [5.74, 6) is 0.326. The summed E-state index contributed by atoms with van der Waals surface area (Å²) in [6.07, 6.45) is 2.59. The van der Waals surface area contributed by atoms with Crippen molar-refractivity contribution in [2.75, 3.05) is 13.2 Å². The number of aliphatic hydroxyl groups excluding tert-OH is 1. The van der Waals surface area contributed by atoms with E-state index in [1.807, 2.05) is 42.6 Å². The van der Waals surface area contributed by atoms with E-state index in [0.29, 0.717) is 5.92 Å². The fraction of sp³-hybridized carbons (Fsp3) is 0.353. The van der Waals surface area contributed by atoms with Crippen molar-refractivity contribution < 1.29 is 5.11 Å². The van der Waals surface area contributed by atoms with Crippen molar-refractivity contribution in [3.63, 3.8) is 0 Å². The fourth-order valence-corrected chi connectivity index (χ4v) is 2.32. The van der Waals surface area contributed by atoms with Crippen molar-refractivity contribution in [2.24, 2.45) is 0 Å². The number of hydrogen-bond acceptors (Lipinski definition) is 3. The molecule has 2 unspecified atom stereocenters. The van der Waals surface area contributed by atoms with Crippen molar-refractivity contribution in [3.05, 3.63) is 66.0 Å². The van der Waals surface area contributed by atoms with Crippen LogP contribution in [0.5, 0.6) is 0 Å². The third-order valence-electron chi connectivity index (χ3n) is 3.55. The number of rotatable bonds is 7. The quantitative estimate of drug-likeness (QED) is 0.813. The highest BCUT2D eigenvalue weighted by Crippen LogP contribution is 2.19. The lowest BCUT2D eigenvalue weighted by Crippen LogP contribution is -2.25. The van der Waals surface area contributed by atoms with Gasteiger partial charge in [-0.1, -0.05) is 36.4 Å². The molecule has 0 bridgehead atoms. The van der Waals surface area contributed by atoms with Gasteiger partial charge < -0.3 is 10.4 Å². The van der Waals surface area contributed by atoms with Crippen LogP contribution in [-0.4, -0.2) is 23.2 Å². The summed E-state index contributed by atoms with van der Waals surface area (Å²) in [5, 5.41) is 12.7. The summed E-state index contributed by atoms with van der Waals surface area (Å²) in [7, 11) is 0. The van der Waals surface area contributed by atoms with Crippen molar-refractivity contribution in [1.82, 2.24) is 10.3 Å². The van der Waals surface area contributed by atoms with Gasteiger partial charge in [0.2, 0.25) is 0 Å². The van der Waals surface area contributed by atoms with Gasteiger partial charge in [-0.3, -0.25) is 4.98 Å². The molecule has 2 aromatic rings. The Morgan fingerprint density at radius 2 is 1.85 bits per heavy atom. The molecular formula is C17H22N2O. The second-order valence-corrected chi connectivity index (χ2v) is 5.00. The van der Waals surface area contributed by atoms with Gasteiger partial charge in [0, 0.05) is 25.4 Å². The van der Waals surface area contributed by atoms with Crippen LogP contribution in [0, 0.1) is 0 Å². The molecule has 2 atom stereocenters. The zero-order chi connectivity index (χ0) is 14.2. The Bertz CT molecular complexity index is 487. The minimum absolute atomic E-state index is 0.208. The van der Waals surface area contributed by atoms with Crippen molar-refractivity contribution in [3.8, 4) is 0 Å². The molecule has 1 heterocycles. The standard InChI is InChI=1S/C17H22N2O/c1-14(17-9-5-6-11-18-17)19-13-16(10-12-20)15-7-3-2-4-8-15/h2-9,11,14,16,19-20H,10,12-13H2,1H3. The lowest BCUT2D eigenvalue weighted by molar-refractivity contribution is 0.272. The molecule has 0 saturated heterocycles. The fourth-order valence-electron chi connectivity index (χ4n) is 2.32. The summed E-state index contributed by atoms with van der Waals surface area (Å²) in [6, 6.07) is 16.5. The second kappa shape index (κ2) is 7.78. The van der Waals surface area contributed by atoms with Gasteiger partial charge in [0.25, 0.3) is 0 Å². The number of nitrogens with zero attached hydrogens (tertiary/aromatic N) is 1. The first-order valence-corrected chi connectivity index (χ1v) is 7.11. The molecule has 0 aliphatic rings. The molecule has 3 heteroatoms. The Morgan fingerprint density at radius 3 is 2.50 bits per heavy atom. The third-order valence-corrected chi connectivity index (χ3v) is 3.55. The van der Waals surface area contributed by atoms with Gasteiger partial charge in [-0.2, -0.15) is 0 Å². The van der Waals surface area contributed by atoms with Crippen molar-refractivity contribution >= 4 is 0 Å². The van der Waals surface area contributed by atoms with Crippen LogP contribution < -0.4 is 5.32 Å². The average Bonchev–Trinajstić information content (AvgIpc) is 2.53. The third kappa shape index (κ3) is 4.15. The number of aromatic nitrogens is 1. The monoisotopic (exact) mass is 270 g/mol. The van der Waals surface area contributed by atoms with Gasteiger partial charge in [0.15, 0.2) is 0 Å². The summed E-state index contributed by atoms with van der Waals surface area (Å²) in [5.41, 5.74) is 2.31. The maximum absolute atomic E-state index is 9.24. The molecule has 20 heavy (non-hydrogen) atoms. The lowest BCUT2D eigenvalue weighted by Gasteiger charge is -2.20. The van der Waals surface area contributed by atoms with Crippen LogP contribution in [0.4, 0.5) is 0 Å². The van der Waals surface area contributed by atoms with E-state index < -0.39 is 0 Å². The van der Waals surface area contributed by atoms with E-state index in [9.17, 15) is 5.11 Å². The molecule has 2 rings (SSSR count). The first kappa shape index (κ1) is 14.7. The first-order valence-electron chi connectivity index (χ1n) is 7.11. The highest BCUT2D eigenvalue weighted by molar-refractivity contribution is 5.20. The zero-order valence-corrected chi connectivity index (χ0v) is 11.9. The molecule has 0 aliphatic carbocycles. The molecule has 3 nitrogen and oxygen atoms in total. The highest BCUT2D eigenvalue weighted by atomic mass is 16.3. The van der Waals surface area contributed by atoms with Crippen LogP contribution in [-0.2, 0) is 0 Å². The predicted molar refractivity (Wildman–Crippen MR) is 81.5 cm³/mol. The second-order valence-electron chi connectivity index (χ2n) is 5.00. The SMILES string of the molecule is CC(NCC(CCO)c1ccccc1)c1ccccn1. The Labute approximate surface area is 120 Å². The van der Waals surface area contributed by atoms with Crippen LogP contribution in [0.25, 0.3) is 0 Å². The normalized spacial score (nSPS) is 13.9. The van der Waals surface area contributed by atoms with Gasteiger partial charge in [0.1, 0.15) is 0 Å². The predicted octanol–water partition coefficient (Wildman–Crippen LogP) is 2.90. The molecule has 0 saturated carbocycles. The van der Waals surface area contributed by atoms with Crippen LogP contribution >= 0.6 is 0 Å². The lowest BCUT2D eigenvalue weighted by atomic mass is 9.95. The molecule has 0 aliphatic heterocycles. The molecule has 1 aromatic heterocycles. The summed E-state index contributed by atoms with van der Waals surface area (Å²) < 4.78 is 0. The van der Waals surface area contributed by atoms with Gasteiger partial charge in [-0.15, -0.1) is 0 Å². The highest BCUT2D eigenvalue weighted by Gasteiger charge is 2.13. The summed E-state index contributed by atoms with van der Waals surface area (Å²) in [4.78, 5) is 4.36. The Kier molecular flexibility index (Phi) is 5.71. The Morgan fingerprint density at radius 1 is 1.10 bits per heavy atom. The molecule has 106 valence electrons. The minimum Gasteiger partial charge on any atom is -0.396 e. The molecule has 1 aromatic carbocycles. The molecule has 0 fully saturated rings. The zero-order valence-electron chi connectivity index (χ0n) is 11.9. The van der Waals surface area contributed by atoms with Crippen LogP contribution in [0.1, 0.15) is 36.6 Å². The minimum atomic E-state index is 0.208. The van der Waals surface area contributed by atoms with E-state index in [-0.39, 0.29) is 12.6 Å². The summed E-state index contributed by atoms with van der Waals surface area (Å²) in [6.45, 7) is 3.16. The molecule has 0 spiro atoms. The molecular weight excluding hydrogens is 248 g/mol. The van der Waals surface area contributed by atoms with Crippen LogP contribution in [0.15, 0.2) is 54.7 Å². The molecule has 0 radical (unpaired) electrons. The van der Waals surface area contributed by atoms with Crippen molar-refractivity contribution in [1.29, 1.82) is 0 Å². The van der Waals surface area contributed by atoms with E-state index in [1.54, 1.807) is 0 Å². The number of benzene rings is 1. The van der Waals surface area contributed by atoms with E-state index in [2.05, 4.69) is 29.4 Å². The summed E-state index contributed by atoms with van der Waals surface area (Å²) >= 11 is 0. The Balaban J connectivity index is 1.96. The average molecular weight is 270 g/mol. The van der Waals surface area contributed by atoms with Crippen LogP contribution in [0.3, 0.4) is 0 Å². The van der Waals surface area contributed by atoms with E-state index in [1.165, 1.54) is 5.56 Å². The van der Waals surface area contributed by atoms with Crippen molar-refractivity contribution in [2.45, 2.75) is 25.3 Å². The number of pyridine rings is 1. The number of nitrogens with one attached hydrogen (secondary N) is 1. The Hall–Kier alpha value is -1.71. The smallest absolute Gasteiger partial charge is 0.0570 e. The number of aliphatic hydroxyl groups is 1. The maximum atomic E-state index is 9.24. The van der Waals surface area contributed by atoms with E-state index in [4.69, 9.17) is 0 Å². The largest absolute Gasteiger partial charge is 0.396 e. The first-order chi connectivity index (χ1) is 9.81. The van der Waals surface area contributed by atoms with Gasteiger partial charge in [-0.05, 0) is 37.0 Å². The maximum Gasteiger partial charge on any atom is 0.0570 e. The topological polar surface area (TPSA) is 45.1 Å². The molecule has 2 N–H and O–H groups in total. The van der Waals surface area contributed by atoms with Gasteiger partial charge in [-0.25, -0.2) is 0 Å². The van der Waals surface area contributed by atoms with Crippen LogP contribution in [0.2, 0.25) is 0 Å². The van der Waals surface area contributed by atoms with Gasteiger partial charge in [0.05, 0.1) is 5.69 Å². The van der Waals surface area contributed by atoms with E-state index in [0.717, 1.165) is 18.7 Å². The molecule has 0 amide bonds.